The van der Waals surface area contributed by atoms with E-state index in [-0.39, 0.29) is 4.90 Å². The second-order valence-corrected chi connectivity index (χ2v) is 5.09. The van der Waals surface area contributed by atoms with Gasteiger partial charge in [-0.05, 0) is 13.8 Å². The quantitative estimate of drug-likeness (QED) is 0.700. The Balaban J connectivity index is 3.40. The summed E-state index contributed by atoms with van der Waals surface area (Å²) in [7, 11) is 0.753. The van der Waals surface area contributed by atoms with Crippen molar-refractivity contribution in [3.63, 3.8) is 0 Å². The second-order valence-electron chi connectivity index (χ2n) is 3.22. The maximum absolute atomic E-state index is 12.0. The van der Waals surface area contributed by atoms with Gasteiger partial charge in [-0.2, -0.15) is 5.10 Å². The van der Waals surface area contributed by atoms with Gasteiger partial charge in [0.25, 0.3) is 10.0 Å². The van der Waals surface area contributed by atoms with Crippen LogP contribution in [0.15, 0.2) is 4.90 Å². The molecule has 7 heteroatoms. The predicted molar refractivity (Wildman–Crippen MR) is 54.6 cm³/mol. The van der Waals surface area contributed by atoms with Crippen LogP contribution in [0, 0.1) is 13.8 Å². The largest absolute Gasteiger partial charge is 0.288 e. The van der Waals surface area contributed by atoms with Crippen LogP contribution in [-0.4, -0.2) is 36.8 Å². The molecule has 0 amide bonds. The lowest BCUT2D eigenvalue weighted by Gasteiger charge is -2.14. The highest BCUT2D eigenvalue weighted by molar-refractivity contribution is 7.89. The highest BCUT2D eigenvalue weighted by Crippen LogP contribution is 2.21. The zero-order chi connectivity index (χ0) is 11.8. The topological polar surface area (TPSA) is 64.4 Å². The SMILES string of the molecule is CON(C)S(=O)(=O)c1c(C)nn(C)c1C. The fourth-order valence-electron chi connectivity index (χ4n) is 1.35. The zero-order valence-corrected chi connectivity index (χ0v) is 10.3. The first-order valence-corrected chi connectivity index (χ1v) is 5.79. The molecule has 1 aromatic heterocycles. The molecule has 15 heavy (non-hydrogen) atoms. The lowest BCUT2D eigenvalue weighted by Crippen LogP contribution is -2.26. The van der Waals surface area contributed by atoms with Gasteiger partial charge in [-0.1, -0.05) is 4.47 Å². The lowest BCUT2D eigenvalue weighted by molar-refractivity contribution is -0.0259. The number of rotatable bonds is 3. The molecule has 0 aliphatic heterocycles. The van der Waals surface area contributed by atoms with Crippen molar-refractivity contribution in [3.8, 4) is 0 Å². The molecule has 0 aromatic carbocycles. The summed E-state index contributed by atoms with van der Waals surface area (Å²) in [6, 6.07) is 0. The van der Waals surface area contributed by atoms with Crippen LogP contribution in [0.1, 0.15) is 11.4 Å². The standard InChI is InChI=1S/C8H15N3O3S/c1-6-8(7(2)10(3)9-6)15(12,13)11(4)14-5/h1-5H3. The molecule has 0 radical (unpaired) electrons. The molecular formula is C8H15N3O3S. The molecule has 0 N–H and O–H groups in total. The van der Waals surface area contributed by atoms with E-state index >= 15 is 0 Å². The van der Waals surface area contributed by atoms with Crippen LogP contribution in [0.3, 0.4) is 0 Å². The average molecular weight is 233 g/mol. The van der Waals surface area contributed by atoms with Crippen LogP contribution < -0.4 is 0 Å². The van der Waals surface area contributed by atoms with E-state index in [1.165, 1.54) is 18.8 Å². The van der Waals surface area contributed by atoms with E-state index in [0.717, 1.165) is 4.47 Å². The van der Waals surface area contributed by atoms with Gasteiger partial charge in [-0.3, -0.25) is 9.52 Å². The Bertz CT molecular complexity index is 464. The zero-order valence-electron chi connectivity index (χ0n) is 9.47. The molecule has 0 atom stereocenters. The Morgan fingerprint density at radius 2 is 1.93 bits per heavy atom. The van der Waals surface area contributed by atoms with Crippen molar-refractivity contribution in [2.45, 2.75) is 18.7 Å². The van der Waals surface area contributed by atoms with Crippen molar-refractivity contribution in [1.82, 2.24) is 14.2 Å². The second kappa shape index (κ2) is 3.92. The smallest absolute Gasteiger partial charge is 0.268 e. The van der Waals surface area contributed by atoms with Crippen LogP contribution >= 0.6 is 0 Å². The van der Waals surface area contributed by atoms with Crippen LogP contribution in [0.4, 0.5) is 0 Å². The summed E-state index contributed by atoms with van der Waals surface area (Å²) in [5.41, 5.74) is 1.07. The van der Waals surface area contributed by atoms with E-state index < -0.39 is 10.0 Å². The number of aromatic nitrogens is 2. The molecule has 0 aliphatic carbocycles. The molecule has 0 bridgehead atoms. The molecule has 1 heterocycles. The number of hydroxylamine groups is 1. The van der Waals surface area contributed by atoms with Gasteiger partial charge >= 0.3 is 0 Å². The Morgan fingerprint density at radius 3 is 2.27 bits per heavy atom. The molecule has 0 saturated heterocycles. The van der Waals surface area contributed by atoms with Crippen LogP contribution in [0.25, 0.3) is 0 Å². The van der Waals surface area contributed by atoms with E-state index in [2.05, 4.69) is 5.10 Å². The Hall–Kier alpha value is -0.920. The van der Waals surface area contributed by atoms with E-state index in [0.29, 0.717) is 11.4 Å². The molecule has 0 spiro atoms. The summed E-state index contributed by atoms with van der Waals surface area (Å²) >= 11 is 0. The summed E-state index contributed by atoms with van der Waals surface area (Å²) in [5.74, 6) is 0. The van der Waals surface area contributed by atoms with Gasteiger partial charge in [0, 0.05) is 14.1 Å². The minimum Gasteiger partial charge on any atom is -0.288 e. The maximum Gasteiger partial charge on any atom is 0.268 e. The fourth-order valence-corrected chi connectivity index (χ4v) is 2.73. The first-order valence-electron chi connectivity index (χ1n) is 4.35. The predicted octanol–water partition coefficient (Wildman–Crippen LogP) is 0.219. The van der Waals surface area contributed by atoms with Crippen LogP contribution in [-0.2, 0) is 21.9 Å². The Morgan fingerprint density at radius 1 is 1.40 bits per heavy atom. The number of hydrogen-bond donors (Lipinski definition) is 0. The van der Waals surface area contributed by atoms with Gasteiger partial charge in [-0.15, -0.1) is 0 Å². The first-order chi connectivity index (χ1) is 6.82. The molecule has 0 aliphatic rings. The van der Waals surface area contributed by atoms with E-state index in [4.69, 9.17) is 4.84 Å². The lowest BCUT2D eigenvalue weighted by atomic mass is 10.4. The normalized spacial score (nSPS) is 12.4. The number of nitrogens with zero attached hydrogens (tertiary/aromatic N) is 3. The summed E-state index contributed by atoms with van der Waals surface area (Å²) in [4.78, 5) is 4.90. The van der Waals surface area contributed by atoms with Crippen molar-refractivity contribution < 1.29 is 13.3 Å². The van der Waals surface area contributed by atoms with Gasteiger partial charge in [0.15, 0.2) is 0 Å². The van der Waals surface area contributed by atoms with E-state index in [1.54, 1.807) is 20.9 Å². The molecule has 1 rings (SSSR count). The van der Waals surface area contributed by atoms with Crippen LogP contribution in [0.5, 0.6) is 0 Å². The van der Waals surface area contributed by atoms with E-state index in [9.17, 15) is 8.42 Å². The molecular weight excluding hydrogens is 218 g/mol. The third kappa shape index (κ3) is 1.90. The van der Waals surface area contributed by atoms with Gasteiger partial charge in [-0.25, -0.2) is 8.42 Å². The monoisotopic (exact) mass is 233 g/mol. The van der Waals surface area contributed by atoms with Crippen molar-refractivity contribution in [2.75, 3.05) is 14.2 Å². The number of sulfonamides is 1. The molecule has 86 valence electrons. The van der Waals surface area contributed by atoms with E-state index in [1.807, 2.05) is 0 Å². The summed E-state index contributed by atoms with van der Waals surface area (Å²) < 4.78 is 26.3. The third-order valence-electron chi connectivity index (χ3n) is 2.30. The Labute approximate surface area is 89.5 Å². The first kappa shape index (κ1) is 12.2. The van der Waals surface area contributed by atoms with Crippen molar-refractivity contribution >= 4 is 10.0 Å². The fraction of sp³-hybridized carbons (Fsp3) is 0.625. The molecule has 1 aromatic rings. The maximum atomic E-state index is 12.0. The minimum atomic E-state index is -3.60. The van der Waals surface area contributed by atoms with Gasteiger partial charge < -0.3 is 0 Å². The highest BCUT2D eigenvalue weighted by atomic mass is 32.2. The van der Waals surface area contributed by atoms with Crippen molar-refractivity contribution in [3.05, 3.63) is 11.4 Å². The van der Waals surface area contributed by atoms with Gasteiger partial charge in [0.05, 0.1) is 18.5 Å². The van der Waals surface area contributed by atoms with Crippen molar-refractivity contribution in [1.29, 1.82) is 0 Å². The highest BCUT2D eigenvalue weighted by Gasteiger charge is 2.28. The number of hydrogen-bond acceptors (Lipinski definition) is 4. The van der Waals surface area contributed by atoms with Gasteiger partial charge in [0.1, 0.15) is 4.90 Å². The number of aryl methyl sites for hydroxylation is 2. The third-order valence-corrected chi connectivity index (χ3v) is 4.23. The summed E-state index contributed by atoms with van der Waals surface area (Å²) in [6.45, 7) is 3.36. The van der Waals surface area contributed by atoms with Crippen LogP contribution in [0.2, 0.25) is 0 Å². The molecule has 0 saturated carbocycles. The minimum absolute atomic E-state index is 0.203. The Kier molecular flexibility index (Phi) is 3.17. The average Bonchev–Trinajstić information content (AvgIpc) is 2.40. The summed E-state index contributed by atoms with van der Waals surface area (Å²) in [5, 5.41) is 4.05. The molecule has 6 nitrogen and oxygen atoms in total. The molecule has 0 unspecified atom stereocenters. The molecule has 0 fully saturated rings. The van der Waals surface area contributed by atoms with Gasteiger partial charge in [0.2, 0.25) is 0 Å². The summed E-state index contributed by atoms with van der Waals surface area (Å²) in [6.07, 6.45) is 0. The van der Waals surface area contributed by atoms with Crippen molar-refractivity contribution in [2.24, 2.45) is 7.05 Å².